The Labute approximate surface area is 161 Å². The summed E-state index contributed by atoms with van der Waals surface area (Å²) in [6.45, 7) is 8.54. The molecule has 1 aromatic carbocycles. The van der Waals surface area contributed by atoms with Gasteiger partial charge in [-0.15, -0.1) is 0 Å². The van der Waals surface area contributed by atoms with E-state index in [-0.39, 0.29) is 0 Å². The number of aromatic nitrogens is 3. The molecule has 0 aliphatic rings. The molecule has 2 heterocycles. The summed E-state index contributed by atoms with van der Waals surface area (Å²) in [4.78, 5) is 13.8. The van der Waals surface area contributed by atoms with Gasteiger partial charge in [0.15, 0.2) is 0 Å². The Morgan fingerprint density at radius 2 is 1.85 bits per heavy atom. The third-order valence-electron chi connectivity index (χ3n) is 4.63. The monoisotopic (exact) mass is 361 g/mol. The van der Waals surface area contributed by atoms with E-state index in [0.29, 0.717) is 12.0 Å². The fourth-order valence-electron chi connectivity index (χ4n) is 2.87. The molecule has 0 fully saturated rings. The smallest absolute Gasteiger partial charge is 0.225 e. The summed E-state index contributed by atoms with van der Waals surface area (Å²) in [6, 6.07) is 14.4. The molecular weight excluding hydrogens is 334 g/mol. The van der Waals surface area contributed by atoms with Crippen molar-refractivity contribution in [2.24, 2.45) is 0 Å². The first-order chi connectivity index (χ1) is 13.1. The van der Waals surface area contributed by atoms with Gasteiger partial charge in [-0.1, -0.05) is 38.1 Å². The van der Waals surface area contributed by atoms with Crippen LogP contribution in [0.5, 0.6) is 0 Å². The van der Waals surface area contributed by atoms with Crippen LogP contribution in [0.4, 0.5) is 17.5 Å². The normalized spacial score (nSPS) is 11.9. The summed E-state index contributed by atoms with van der Waals surface area (Å²) in [7, 11) is 0. The third kappa shape index (κ3) is 4.61. The van der Waals surface area contributed by atoms with E-state index in [9.17, 15) is 0 Å². The SMILES string of the molecule is CCc1cccc(C)c1Nc1cc(-c2ccccn2)nc(N[C@@H](C)CC)n1. The summed E-state index contributed by atoms with van der Waals surface area (Å²) in [5.74, 6) is 1.38. The number of hydrogen-bond acceptors (Lipinski definition) is 5. The van der Waals surface area contributed by atoms with Gasteiger partial charge in [-0.05, 0) is 49.9 Å². The molecule has 2 aromatic heterocycles. The molecule has 0 aliphatic heterocycles. The van der Waals surface area contributed by atoms with Crippen molar-refractivity contribution in [3.63, 3.8) is 0 Å². The molecule has 0 bridgehead atoms. The zero-order valence-corrected chi connectivity index (χ0v) is 16.5. The molecule has 2 N–H and O–H groups in total. The van der Waals surface area contributed by atoms with Crippen LogP contribution in [0.1, 0.15) is 38.3 Å². The lowest BCUT2D eigenvalue weighted by Crippen LogP contribution is -2.16. The van der Waals surface area contributed by atoms with Gasteiger partial charge in [-0.3, -0.25) is 4.98 Å². The van der Waals surface area contributed by atoms with Crippen LogP contribution < -0.4 is 10.6 Å². The lowest BCUT2D eigenvalue weighted by Gasteiger charge is -2.17. The van der Waals surface area contributed by atoms with Gasteiger partial charge in [-0.2, -0.15) is 4.98 Å². The Morgan fingerprint density at radius 1 is 1.00 bits per heavy atom. The van der Waals surface area contributed by atoms with Gasteiger partial charge < -0.3 is 10.6 Å². The van der Waals surface area contributed by atoms with E-state index >= 15 is 0 Å². The molecule has 3 aromatic rings. The number of nitrogens with one attached hydrogen (secondary N) is 2. The van der Waals surface area contributed by atoms with Gasteiger partial charge in [0, 0.05) is 24.0 Å². The summed E-state index contributed by atoms with van der Waals surface area (Å²) in [5.41, 5.74) is 5.20. The third-order valence-corrected chi connectivity index (χ3v) is 4.63. The summed E-state index contributed by atoms with van der Waals surface area (Å²) in [6.07, 6.45) is 3.74. The van der Waals surface area contributed by atoms with Crippen molar-refractivity contribution in [3.05, 3.63) is 59.8 Å². The summed E-state index contributed by atoms with van der Waals surface area (Å²) < 4.78 is 0. The number of benzene rings is 1. The molecule has 0 unspecified atom stereocenters. The van der Waals surface area contributed by atoms with Crippen molar-refractivity contribution in [2.45, 2.75) is 46.6 Å². The first-order valence-corrected chi connectivity index (χ1v) is 9.53. The van der Waals surface area contributed by atoms with Crippen LogP contribution in [0.2, 0.25) is 0 Å². The van der Waals surface area contributed by atoms with Crippen LogP contribution in [0.15, 0.2) is 48.7 Å². The minimum atomic E-state index is 0.293. The van der Waals surface area contributed by atoms with Gasteiger partial charge in [0.25, 0.3) is 0 Å². The van der Waals surface area contributed by atoms with E-state index in [2.05, 4.69) is 66.5 Å². The Bertz CT molecular complexity index is 892. The predicted molar refractivity (Wildman–Crippen MR) is 112 cm³/mol. The zero-order chi connectivity index (χ0) is 19.2. The van der Waals surface area contributed by atoms with E-state index < -0.39 is 0 Å². The lowest BCUT2D eigenvalue weighted by atomic mass is 10.1. The van der Waals surface area contributed by atoms with E-state index in [1.54, 1.807) is 6.20 Å². The highest BCUT2D eigenvalue weighted by Gasteiger charge is 2.12. The van der Waals surface area contributed by atoms with Crippen molar-refractivity contribution < 1.29 is 0 Å². The average Bonchev–Trinajstić information content (AvgIpc) is 2.70. The molecule has 3 rings (SSSR count). The number of rotatable bonds is 7. The molecule has 0 aliphatic carbocycles. The van der Waals surface area contributed by atoms with Crippen LogP contribution >= 0.6 is 0 Å². The summed E-state index contributed by atoms with van der Waals surface area (Å²) >= 11 is 0. The number of nitrogens with zero attached hydrogens (tertiary/aromatic N) is 3. The molecule has 27 heavy (non-hydrogen) atoms. The first kappa shape index (κ1) is 18.8. The quantitative estimate of drug-likeness (QED) is 0.593. The van der Waals surface area contributed by atoms with Gasteiger partial charge in [-0.25, -0.2) is 4.98 Å². The zero-order valence-electron chi connectivity index (χ0n) is 16.5. The second kappa shape index (κ2) is 8.62. The van der Waals surface area contributed by atoms with Crippen LogP contribution in [-0.4, -0.2) is 21.0 Å². The van der Waals surface area contributed by atoms with Crippen LogP contribution in [-0.2, 0) is 6.42 Å². The van der Waals surface area contributed by atoms with Gasteiger partial charge in [0.1, 0.15) is 5.82 Å². The molecule has 0 saturated heterocycles. The fourth-order valence-corrected chi connectivity index (χ4v) is 2.87. The standard InChI is InChI=1S/C22H27N5/c1-5-16(4)24-22-25-19(18-12-7-8-13-23-18)14-20(27-22)26-21-15(3)10-9-11-17(21)6-2/h7-14,16H,5-6H2,1-4H3,(H2,24,25,26,27)/t16-/m0/s1. The summed E-state index contributed by atoms with van der Waals surface area (Å²) in [5, 5.41) is 6.90. The van der Waals surface area contributed by atoms with Gasteiger partial charge in [0.2, 0.25) is 5.95 Å². The van der Waals surface area contributed by atoms with Gasteiger partial charge >= 0.3 is 0 Å². The van der Waals surface area contributed by atoms with E-state index in [4.69, 9.17) is 4.98 Å². The Morgan fingerprint density at radius 3 is 2.56 bits per heavy atom. The van der Waals surface area contributed by atoms with E-state index in [1.807, 2.05) is 24.3 Å². The minimum absolute atomic E-state index is 0.293. The first-order valence-electron chi connectivity index (χ1n) is 9.53. The van der Waals surface area contributed by atoms with Crippen molar-refractivity contribution in [3.8, 4) is 11.4 Å². The maximum atomic E-state index is 4.70. The maximum absolute atomic E-state index is 4.70. The fraction of sp³-hybridized carbons (Fsp3) is 0.318. The Kier molecular flexibility index (Phi) is 6.01. The largest absolute Gasteiger partial charge is 0.352 e. The van der Waals surface area contributed by atoms with E-state index in [1.165, 1.54) is 11.1 Å². The average molecular weight is 361 g/mol. The van der Waals surface area contributed by atoms with Crippen LogP contribution in [0, 0.1) is 6.92 Å². The van der Waals surface area contributed by atoms with Crippen LogP contribution in [0.25, 0.3) is 11.4 Å². The number of hydrogen-bond donors (Lipinski definition) is 2. The molecule has 1 atom stereocenters. The molecule has 0 saturated carbocycles. The second-order valence-electron chi connectivity index (χ2n) is 6.72. The predicted octanol–water partition coefficient (Wildman–Crippen LogP) is 5.36. The van der Waals surface area contributed by atoms with Gasteiger partial charge in [0.05, 0.1) is 11.4 Å². The number of para-hydroxylation sites is 1. The Balaban J connectivity index is 2.03. The van der Waals surface area contributed by atoms with Crippen molar-refractivity contribution in [1.82, 2.24) is 15.0 Å². The Hall–Kier alpha value is -2.95. The van der Waals surface area contributed by atoms with E-state index in [0.717, 1.165) is 35.7 Å². The molecule has 5 heteroatoms. The topological polar surface area (TPSA) is 62.7 Å². The van der Waals surface area contributed by atoms with Crippen molar-refractivity contribution in [1.29, 1.82) is 0 Å². The molecule has 0 spiro atoms. The number of pyridine rings is 1. The highest BCUT2D eigenvalue weighted by molar-refractivity contribution is 5.69. The molecule has 0 amide bonds. The minimum Gasteiger partial charge on any atom is -0.352 e. The van der Waals surface area contributed by atoms with Crippen LogP contribution in [0.3, 0.4) is 0 Å². The molecule has 5 nitrogen and oxygen atoms in total. The number of anilines is 3. The van der Waals surface area contributed by atoms with Crippen molar-refractivity contribution >= 4 is 17.5 Å². The highest BCUT2D eigenvalue weighted by Crippen LogP contribution is 2.27. The number of aryl methyl sites for hydroxylation is 2. The maximum Gasteiger partial charge on any atom is 0.225 e. The molecular formula is C22H27N5. The van der Waals surface area contributed by atoms with Crippen molar-refractivity contribution in [2.75, 3.05) is 10.6 Å². The second-order valence-corrected chi connectivity index (χ2v) is 6.72. The lowest BCUT2D eigenvalue weighted by molar-refractivity contribution is 0.753. The molecule has 0 radical (unpaired) electrons. The highest BCUT2D eigenvalue weighted by atomic mass is 15.2. The molecule has 140 valence electrons.